The first-order valence-electron chi connectivity index (χ1n) is 11.3. The Bertz CT molecular complexity index is 907. The molecule has 2 saturated heterocycles. The molecule has 0 aliphatic carbocycles. The molecule has 0 saturated carbocycles. The van der Waals surface area contributed by atoms with Crippen LogP contribution >= 0.6 is 11.8 Å². The fourth-order valence-electron chi connectivity index (χ4n) is 4.38. The Kier molecular flexibility index (Phi) is 7.13. The molecule has 2 aliphatic heterocycles. The van der Waals surface area contributed by atoms with Crippen molar-refractivity contribution in [2.24, 2.45) is 0 Å². The zero-order valence-corrected chi connectivity index (χ0v) is 19.7. The summed E-state index contributed by atoms with van der Waals surface area (Å²) in [5.74, 6) is 1.91. The predicted molar refractivity (Wildman–Crippen MR) is 127 cm³/mol. The van der Waals surface area contributed by atoms with Gasteiger partial charge >= 0.3 is 0 Å². The van der Waals surface area contributed by atoms with E-state index in [1.54, 1.807) is 11.8 Å². The average Bonchev–Trinajstić information content (AvgIpc) is 3.32. The molecule has 0 bridgehead atoms. The molecule has 1 aromatic carbocycles. The predicted octanol–water partition coefficient (Wildman–Crippen LogP) is 3.84. The van der Waals surface area contributed by atoms with Gasteiger partial charge in [0.2, 0.25) is 0 Å². The monoisotopic (exact) mass is 439 g/mol. The molecule has 166 valence electrons. The second kappa shape index (κ2) is 10.0. The molecule has 1 aromatic heterocycles. The highest BCUT2D eigenvalue weighted by Crippen LogP contribution is 2.26. The molecule has 1 amide bonds. The van der Waals surface area contributed by atoms with Gasteiger partial charge in [0.25, 0.3) is 5.91 Å². The summed E-state index contributed by atoms with van der Waals surface area (Å²) in [5, 5.41) is 0.797. The molecule has 7 heteroatoms. The molecule has 31 heavy (non-hydrogen) atoms. The van der Waals surface area contributed by atoms with Crippen LogP contribution in [0.15, 0.2) is 35.5 Å². The number of carbonyl (C=O) groups is 1. The number of thioether (sulfide) groups is 1. The second-order valence-corrected chi connectivity index (χ2v) is 9.73. The van der Waals surface area contributed by atoms with Gasteiger partial charge in [0.05, 0.1) is 0 Å². The first-order chi connectivity index (χ1) is 15.0. The molecule has 0 N–H and O–H groups in total. The summed E-state index contributed by atoms with van der Waals surface area (Å²) in [6.45, 7) is 6.05. The minimum Gasteiger partial charge on any atom is -0.356 e. The van der Waals surface area contributed by atoms with Gasteiger partial charge in [-0.1, -0.05) is 23.9 Å². The normalized spacial score (nSPS) is 17.8. The summed E-state index contributed by atoms with van der Waals surface area (Å²) in [4.78, 5) is 28.9. The zero-order valence-electron chi connectivity index (χ0n) is 18.9. The number of piperidine rings is 1. The summed E-state index contributed by atoms with van der Waals surface area (Å²) in [7, 11) is 4.34. The lowest BCUT2D eigenvalue weighted by Crippen LogP contribution is -2.42. The van der Waals surface area contributed by atoms with Crippen LogP contribution in [-0.2, 0) is 5.75 Å². The van der Waals surface area contributed by atoms with Crippen LogP contribution in [0.4, 0.5) is 5.82 Å². The van der Waals surface area contributed by atoms with Gasteiger partial charge in [0.1, 0.15) is 5.82 Å². The summed E-state index contributed by atoms with van der Waals surface area (Å²) < 4.78 is 0. The van der Waals surface area contributed by atoms with Gasteiger partial charge in [0, 0.05) is 49.3 Å². The van der Waals surface area contributed by atoms with Crippen LogP contribution in [0, 0.1) is 6.92 Å². The van der Waals surface area contributed by atoms with Crippen molar-refractivity contribution in [3.05, 3.63) is 47.2 Å². The number of hydrogen-bond donors (Lipinski definition) is 0. The standard InChI is InChI=1S/C24H33N5OS/c1-18-15-22(28(3)21-9-13-27(2)14-10-21)26-24(25-18)31-17-19-7-6-8-20(16-19)23(30)29-11-4-5-12-29/h6-8,15-16,21H,4-5,9-14,17H2,1-3H3. The number of hydrogen-bond acceptors (Lipinski definition) is 6. The maximum atomic E-state index is 12.7. The molecular formula is C24H33N5OS. The van der Waals surface area contributed by atoms with Crippen LogP contribution in [-0.4, -0.2) is 72.0 Å². The number of aromatic nitrogens is 2. The van der Waals surface area contributed by atoms with Crippen molar-refractivity contribution in [2.75, 3.05) is 45.2 Å². The summed E-state index contributed by atoms with van der Waals surface area (Å²) in [6, 6.07) is 10.6. The quantitative estimate of drug-likeness (QED) is 0.503. The van der Waals surface area contributed by atoms with Crippen LogP contribution < -0.4 is 4.90 Å². The third-order valence-electron chi connectivity index (χ3n) is 6.35. The van der Waals surface area contributed by atoms with E-state index in [1.165, 1.54) is 0 Å². The Morgan fingerprint density at radius 3 is 2.61 bits per heavy atom. The lowest BCUT2D eigenvalue weighted by atomic mass is 10.0. The Hall–Kier alpha value is -2.12. The number of carbonyl (C=O) groups excluding carboxylic acids is 1. The summed E-state index contributed by atoms with van der Waals surface area (Å²) >= 11 is 1.64. The van der Waals surface area contributed by atoms with E-state index in [9.17, 15) is 4.79 Å². The van der Waals surface area contributed by atoms with E-state index < -0.39 is 0 Å². The first-order valence-corrected chi connectivity index (χ1v) is 12.3. The van der Waals surface area contributed by atoms with E-state index in [0.717, 1.165) is 85.4 Å². The number of benzene rings is 1. The second-order valence-electron chi connectivity index (χ2n) is 8.78. The Morgan fingerprint density at radius 2 is 1.87 bits per heavy atom. The van der Waals surface area contributed by atoms with Gasteiger partial charge in [0.15, 0.2) is 5.16 Å². The van der Waals surface area contributed by atoms with Gasteiger partial charge < -0.3 is 14.7 Å². The molecular weight excluding hydrogens is 406 g/mol. The highest BCUT2D eigenvalue weighted by Gasteiger charge is 2.22. The fraction of sp³-hybridized carbons (Fsp3) is 0.542. The highest BCUT2D eigenvalue weighted by molar-refractivity contribution is 7.98. The van der Waals surface area contributed by atoms with Crippen LogP contribution in [0.5, 0.6) is 0 Å². The number of aryl methyl sites for hydroxylation is 1. The van der Waals surface area contributed by atoms with Crippen molar-refractivity contribution in [1.29, 1.82) is 0 Å². The van der Waals surface area contributed by atoms with E-state index >= 15 is 0 Å². The number of likely N-dealkylation sites (tertiary alicyclic amines) is 2. The number of anilines is 1. The average molecular weight is 440 g/mol. The van der Waals surface area contributed by atoms with Crippen LogP contribution in [0.25, 0.3) is 0 Å². The molecule has 4 rings (SSSR count). The van der Waals surface area contributed by atoms with Crippen LogP contribution in [0.1, 0.15) is 47.3 Å². The lowest BCUT2D eigenvalue weighted by molar-refractivity contribution is 0.0792. The minimum atomic E-state index is 0.151. The SMILES string of the molecule is Cc1cc(N(C)C2CCN(C)CC2)nc(SCc2cccc(C(=O)N3CCCC3)c2)n1. The maximum absolute atomic E-state index is 12.7. The largest absolute Gasteiger partial charge is 0.356 e. The Balaban J connectivity index is 1.42. The van der Waals surface area contributed by atoms with Crippen molar-refractivity contribution in [1.82, 2.24) is 19.8 Å². The smallest absolute Gasteiger partial charge is 0.253 e. The van der Waals surface area contributed by atoms with Gasteiger partial charge in [-0.05, 0) is 70.4 Å². The van der Waals surface area contributed by atoms with E-state index in [2.05, 4.69) is 41.0 Å². The van der Waals surface area contributed by atoms with E-state index in [4.69, 9.17) is 4.98 Å². The van der Waals surface area contributed by atoms with Crippen molar-refractivity contribution >= 4 is 23.5 Å². The molecule has 0 atom stereocenters. The first kappa shape index (κ1) is 22.1. The number of nitrogens with zero attached hydrogens (tertiary/aromatic N) is 5. The third-order valence-corrected chi connectivity index (χ3v) is 7.27. The molecule has 2 fully saturated rings. The van der Waals surface area contributed by atoms with Crippen molar-refractivity contribution in [2.45, 2.75) is 49.6 Å². The van der Waals surface area contributed by atoms with Crippen molar-refractivity contribution < 1.29 is 4.79 Å². The minimum absolute atomic E-state index is 0.151. The molecule has 0 radical (unpaired) electrons. The van der Waals surface area contributed by atoms with E-state index in [0.29, 0.717) is 6.04 Å². The lowest BCUT2D eigenvalue weighted by Gasteiger charge is -2.35. The van der Waals surface area contributed by atoms with Crippen molar-refractivity contribution in [3.63, 3.8) is 0 Å². The number of rotatable bonds is 6. The molecule has 2 aliphatic rings. The third kappa shape index (κ3) is 5.57. The van der Waals surface area contributed by atoms with Crippen molar-refractivity contribution in [3.8, 4) is 0 Å². The molecule has 6 nitrogen and oxygen atoms in total. The highest BCUT2D eigenvalue weighted by atomic mass is 32.2. The maximum Gasteiger partial charge on any atom is 0.253 e. The fourth-order valence-corrected chi connectivity index (χ4v) is 5.23. The topological polar surface area (TPSA) is 52.6 Å². The Morgan fingerprint density at radius 1 is 1.13 bits per heavy atom. The molecule has 0 spiro atoms. The van der Waals surface area contributed by atoms with Crippen LogP contribution in [0.2, 0.25) is 0 Å². The van der Waals surface area contributed by atoms with E-state index in [1.807, 2.05) is 30.0 Å². The molecule has 0 unspecified atom stereocenters. The number of amides is 1. The summed E-state index contributed by atoms with van der Waals surface area (Å²) in [6.07, 6.45) is 4.55. The molecule has 3 heterocycles. The van der Waals surface area contributed by atoms with Gasteiger partial charge in [-0.2, -0.15) is 0 Å². The van der Waals surface area contributed by atoms with Gasteiger partial charge in [-0.25, -0.2) is 9.97 Å². The summed E-state index contributed by atoms with van der Waals surface area (Å²) in [5.41, 5.74) is 2.91. The molecule has 2 aromatic rings. The van der Waals surface area contributed by atoms with E-state index in [-0.39, 0.29) is 5.91 Å². The Labute approximate surface area is 190 Å². The van der Waals surface area contributed by atoms with Gasteiger partial charge in [-0.3, -0.25) is 4.79 Å². The van der Waals surface area contributed by atoms with Crippen LogP contribution in [0.3, 0.4) is 0 Å². The van der Waals surface area contributed by atoms with Gasteiger partial charge in [-0.15, -0.1) is 0 Å². The zero-order chi connectivity index (χ0) is 21.8.